The molecule has 16 heavy (non-hydrogen) atoms. The fourth-order valence-electron chi connectivity index (χ4n) is 1.78. The molecule has 0 fully saturated rings. The van der Waals surface area contributed by atoms with Crippen LogP contribution in [0.1, 0.15) is 10.4 Å². The first-order valence-corrected chi connectivity index (χ1v) is 5.36. The van der Waals surface area contributed by atoms with Crippen LogP contribution in [-0.2, 0) is 0 Å². The van der Waals surface area contributed by atoms with Crippen LogP contribution >= 0.6 is 0 Å². The van der Waals surface area contributed by atoms with Crippen molar-refractivity contribution in [2.24, 2.45) is 4.99 Å². The third-order valence-corrected chi connectivity index (χ3v) is 2.54. The van der Waals surface area contributed by atoms with E-state index >= 15 is 0 Å². The lowest BCUT2D eigenvalue weighted by atomic mass is 10.1. The Kier molecular flexibility index (Phi) is 3.31. The first-order valence-electron chi connectivity index (χ1n) is 5.36. The van der Waals surface area contributed by atoms with Crippen LogP contribution in [0.2, 0.25) is 0 Å². The van der Waals surface area contributed by atoms with Gasteiger partial charge >= 0.3 is 0 Å². The Balaban J connectivity index is 2.29. The number of anilines is 1. The summed E-state index contributed by atoms with van der Waals surface area (Å²) in [4.78, 5) is 18.1. The summed E-state index contributed by atoms with van der Waals surface area (Å²) in [5.41, 5.74) is 1.70. The fraction of sp³-hybridized carbons (Fsp3) is 0.333. The second-order valence-corrected chi connectivity index (χ2v) is 3.69. The molecule has 0 amide bonds. The second kappa shape index (κ2) is 4.90. The van der Waals surface area contributed by atoms with Crippen LogP contribution in [-0.4, -0.2) is 38.8 Å². The summed E-state index contributed by atoms with van der Waals surface area (Å²) >= 11 is 0. The van der Waals surface area contributed by atoms with E-state index in [1.54, 1.807) is 13.4 Å². The number of Topliss-reactive ketones (excluding diaryl/α,β-unsaturated/α-hetero) is 1. The second-order valence-electron chi connectivity index (χ2n) is 3.69. The first-order chi connectivity index (χ1) is 7.83. The van der Waals surface area contributed by atoms with Gasteiger partial charge in [-0.1, -0.05) is 12.1 Å². The zero-order valence-corrected chi connectivity index (χ0v) is 9.31. The molecule has 0 aromatic heterocycles. The number of ketones is 1. The minimum Gasteiger partial charge on any atom is -0.330 e. The van der Waals surface area contributed by atoms with Crippen LogP contribution in [0.25, 0.3) is 0 Å². The van der Waals surface area contributed by atoms with Crippen molar-refractivity contribution in [3.8, 4) is 0 Å². The van der Waals surface area contributed by atoms with Crippen molar-refractivity contribution in [2.75, 3.05) is 31.6 Å². The first kappa shape index (κ1) is 10.8. The Morgan fingerprint density at radius 3 is 3.00 bits per heavy atom. The number of aliphatic imine (C=N–C) groups is 1. The van der Waals surface area contributed by atoms with Crippen molar-refractivity contribution >= 4 is 17.8 Å². The van der Waals surface area contributed by atoms with Crippen molar-refractivity contribution < 1.29 is 4.79 Å². The normalized spacial score (nSPS) is 14.4. The van der Waals surface area contributed by atoms with E-state index in [1.807, 2.05) is 29.2 Å². The van der Waals surface area contributed by atoms with E-state index in [-0.39, 0.29) is 5.78 Å². The molecule has 1 heterocycles. The largest absolute Gasteiger partial charge is 0.330 e. The Labute approximate surface area is 95.0 Å². The Hall–Kier alpha value is -1.68. The minimum absolute atomic E-state index is 0.110. The summed E-state index contributed by atoms with van der Waals surface area (Å²) in [5.74, 6) is 0.110. The molecule has 0 spiro atoms. The molecule has 1 aromatic rings. The summed E-state index contributed by atoms with van der Waals surface area (Å²) in [7, 11) is 1.78. The SMILES string of the molecule is CNCC(=O)c1ccccc1N1C=NCC1. The molecule has 1 aliphatic heterocycles. The van der Waals surface area contributed by atoms with Gasteiger partial charge in [-0.25, -0.2) is 0 Å². The number of carbonyl (C=O) groups excluding carboxylic acids is 1. The molecular weight excluding hydrogens is 202 g/mol. The van der Waals surface area contributed by atoms with Crippen molar-refractivity contribution in [3.05, 3.63) is 29.8 Å². The number of nitrogens with zero attached hydrogens (tertiary/aromatic N) is 2. The fourth-order valence-corrected chi connectivity index (χ4v) is 1.78. The lowest BCUT2D eigenvalue weighted by Gasteiger charge is -2.17. The van der Waals surface area contributed by atoms with Gasteiger partial charge in [-0.15, -0.1) is 0 Å². The smallest absolute Gasteiger partial charge is 0.178 e. The maximum Gasteiger partial charge on any atom is 0.178 e. The number of benzene rings is 1. The Morgan fingerprint density at radius 1 is 1.50 bits per heavy atom. The van der Waals surface area contributed by atoms with E-state index in [1.165, 1.54) is 0 Å². The van der Waals surface area contributed by atoms with Gasteiger partial charge in [0.1, 0.15) is 0 Å². The highest BCUT2D eigenvalue weighted by Crippen LogP contribution is 2.20. The minimum atomic E-state index is 0.110. The predicted octanol–water partition coefficient (Wildman–Crippen LogP) is 0.937. The highest BCUT2D eigenvalue weighted by Gasteiger charge is 2.16. The Bertz CT molecular complexity index is 414. The molecule has 4 heteroatoms. The lowest BCUT2D eigenvalue weighted by Crippen LogP contribution is -2.24. The van der Waals surface area contributed by atoms with Crippen LogP contribution in [0.4, 0.5) is 5.69 Å². The molecule has 2 rings (SSSR count). The third kappa shape index (κ3) is 2.12. The van der Waals surface area contributed by atoms with Crippen LogP contribution < -0.4 is 10.2 Å². The van der Waals surface area contributed by atoms with Crippen molar-refractivity contribution in [1.82, 2.24) is 5.32 Å². The number of hydrogen-bond acceptors (Lipinski definition) is 4. The van der Waals surface area contributed by atoms with Crippen molar-refractivity contribution in [1.29, 1.82) is 0 Å². The van der Waals surface area contributed by atoms with E-state index in [0.717, 1.165) is 24.3 Å². The third-order valence-electron chi connectivity index (χ3n) is 2.54. The molecule has 0 atom stereocenters. The molecule has 4 nitrogen and oxygen atoms in total. The molecule has 0 unspecified atom stereocenters. The predicted molar refractivity (Wildman–Crippen MR) is 65.4 cm³/mol. The molecular formula is C12H15N3O. The molecule has 1 aromatic carbocycles. The number of nitrogens with one attached hydrogen (secondary N) is 1. The standard InChI is InChI=1S/C12H15N3O/c1-13-8-12(16)10-4-2-3-5-11(10)15-7-6-14-9-15/h2-5,9,13H,6-8H2,1H3. The van der Waals surface area contributed by atoms with Crippen molar-refractivity contribution in [3.63, 3.8) is 0 Å². The maximum atomic E-state index is 11.9. The van der Waals surface area contributed by atoms with E-state index in [4.69, 9.17) is 0 Å². The van der Waals surface area contributed by atoms with Gasteiger partial charge in [0.15, 0.2) is 5.78 Å². The summed E-state index contributed by atoms with van der Waals surface area (Å²) in [6.07, 6.45) is 1.80. The number of rotatable bonds is 4. The van der Waals surface area contributed by atoms with E-state index < -0.39 is 0 Å². The molecule has 0 aliphatic carbocycles. The Morgan fingerprint density at radius 2 is 2.31 bits per heavy atom. The van der Waals surface area contributed by atoms with Gasteiger partial charge in [0.2, 0.25) is 0 Å². The van der Waals surface area contributed by atoms with Crippen molar-refractivity contribution in [2.45, 2.75) is 0 Å². The number of hydrogen-bond donors (Lipinski definition) is 1. The molecule has 0 bridgehead atoms. The van der Waals surface area contributed by atoms with E-state index in [9.17, 15) is 4.79 Å². The summed E-state index contributed by atoms with van der Waals surface area (Å²) in [5, 5.41) is 2.88. The van der Waals surface area contributed by atoms with Gasteiger partial charge in [-0.3, -0.25) is 9.79 Å². The van der Waals surface area contributed by atoms with Gasteiger partial charge in [-0.05, 0) is 19.2 Å². The summed E-state index contributed by atoms with van der Waals surface area (Å²) in [6.45, 7) is 2.01. The van der Waals surface area contributed by atoms with Gasteiger partial charge < -0.3 is 10.2 Å². The maximum absolute atomic E-state index is 11.9. The molecule has 0 saturated heterocycles. The average Bonchev–Trinajstić information content (AvgIpc) is 2.83. The number of carbonyl (C=O) groups is 1. The van der Waals surface area contributed by atoms with Gasteiger partial charge in [0.05, 0.1) is 25.1 Å². The quantitative estimate of drug-likeness (QED) is 0.763. The molecule has 1 N–H and O–H groups in total. The molecule has 84 valence electrons. The highest BCUT2D eigenvalue weighted by atomic mass is 16.1. The van der Waals surface area contributed by atoms with Crippen LogP contribution in [0, 0.1) is 0 Å². The van der Waals surface area contributed by atoms with E-state index in [0.29, 0.717) is 6.54 Å². The van der Waals surface area contributed by atoms with Gasteiger partial charge in [-0.2, -0.15) is 0 Å². The van der Waals surface area contributed by atoms with Crippen LogP contribution in [0.3, 0.4) is 0 Å². The zero-order valence-electron chi connectivity index (χ0n) is 9.31. The van der Waals surface area contributed by atoms with Crippen LogP contribution in [0.15, 0.2) is 29.3 Å². The van der Waals surface area contributed by atoms with E-state index in [2.05, 4.69) is 10.3 Å². The zero-order chi connectivity index (χ0) is 11.4. The molecule has 0 radical (unpaired) electrons. The monoisotopic (exact) mass is 217 g/mol. The summed E-state index contributed by atoms with van der Waals surface area (Å²) < 4.78 is 0. The highest BCUT2D eigenvalue weighted by molar-refractivity contribution is 6.04. The van der Waals surface area contributed by atoms with Gasteiger partial charge in [0.25, 0.3) is 0 Å². The lowest BCUT2D eigenvalue weighted by molar-refractivity contribution is 0.0994. The summed E-state index contributed by atoms with van der Waals surface area (Å²) in [6, 6.07) is 7.65. The number of para-hydroxylation sites is 1. The number of likely N-dealkylation sites (N-methyl/N-ethyl adjacent to an activating group) is 1. The molecule has 0 saturated carbocycles. The topological polar surface area (TPSA) is 44.7 Å². The van der Waals surface area contributed by atoms with Crippen LogP contribution in [0.5, 0.6) is 0 Å². The van der Waals surface area contributed by atoms with Gasteiger partial charge in [0, 0.05) is 12.1 Å². The molecule has 1 aliphatic rings. The average molecular weight is 217 g/mol.